The van der Waals surface area contributed by atoms with E-state index in [1.165, 1.54) is 0 Å². The zero-order valence-corrected chi connectivity index (χ0v) is 19.3. The molecule has 2 aromatic heterocycles. The number of aryl methyl sites for hydroxylation is 1. The average molecular weight is 448 g/mol. The van der Waals surface area contributed by atoms with E-state index in [4.69, 9.17) is 18.9 Å². The van der Waals surface area contributed by atoms with Crippen molar-refractivity contribution in [2.45, 2.75) is 46.5 Å². The van der Waals surface area contributed by atoms with Crippen molar-refractivity contribution in [1.82, 2.24) is 4.98 Å². The zero-order valence-electron chi connectivity index (χ0n) is 19.3. The van der Waals surface area contributed by atoms with Gasteiger partial charge in [-0.3, -0.25) is 0 Å². The molecule has 0 unspecified atom stereocenters. The van der Waals surface area contributed by atoms with Crippen LogP contribution in [0.1, 0.15) is 55.5 Å². The van der Waals surface area contributed by atoms with Gasteiger partial charge in [-0.15, -0.1) is 0 Å². The topological polar surface area (TPSA) is 81.8 Å². The van der Waals surface area contributed by atoms with Gasteiger partial charge in [-0.05, 0) is 44.0 Å². The Morgan fingerprint density at radius 2 is 1.67 bits per heavy atom. The van der Waals surface area contributed by atoms with Gasteiger partial charge in [-0.25, -0.2) is 9.78 Å². The van der Waals surface area contributed by atoms with Crippen molar-refractivity contribution in [3.8, 4) is 23.0 Å². The number of para-hydroxylation sites is 1. The average Bonchev–Trinajstić information content (AvgIpc) is 3.16. The van der Waals surface area contributed by atoms with Gasteiger partial charge in [0, 0.05) is 10.9 Å². The predicted octanol–water partition coefficient (Wildman–Crippen LogP) is 7.01. The van der Waals surface area contributed by atoms with E-state index in [2.05, 4.69) is 13.8 Å². The lowest BCUT2D eigenvalue weighted by Gasteiger charge is -2.15. The van der Waals surface area contributed by atoms with Gasteiger partial charge in [0.25, 0.3) is 0 Å². The first-order chi connectivity index (χ1) is 16.0. The summed E-state index contributed by atoms with van der Waals surface area (Å²) in [5.41, 5.74) is 2.69. The van der Waals surface area contributed by atoms with Gasteiger partial charge in [0.15, 0.2) is 5.76 Å². The van der Waals surface area contributed by atoms with Crippen molar-refractivity contribution in [2.24, 2.45) is 0 Å². The highest BCUT2D eigenvalue weighted by Gasteiger charge is 2.23. The van der Waals surface area contributed by atoms with E-state index in [-0.39, 0.29) is 5.56 Å². The molecule has 6 nitrogen and oxygen atoms in total. The third-order valence-corrected chi connectivity index (χ3v) is 5.70. The van der Waals surface area contributed by atoms with Crippen LogP contribution in [-0.4, -0.2) is 29.3 Å². The zero-order chi connectivity index (χ0) is 23.4. The monoisotopic (exact) mass is 447 g/mol. The number of furan rings is 1. The fourth-order valence-corrected chi connectivity index (χ4v) is 3.88. The number of carboxylic acids is 1. The second-order valence-corrected chi connectivity index (χ2v) is 8.10. The number of hydrogen-bond acceptors (Lipinski definition) is 5. The molecule has 0 saturated carbocycles. The van der Waals surface area contributed by atoms with Crippen LogP contribution in [0.5, 0.6) is 11.5 Å². The molecule has 0 fully saturated rings. The van der Waals surface area contributed by atoms with Crippen molar-refractivity contribution in [1.29, 1.82) is 0 Å². The molecule has 33 heavy (non-hydrogen) atoms. The standard InChI is InChI=1S/C27H29NO5/c1-4-6-14-31-22-12-13-23(32-15-7-5-2)25-24(22)19(27(29)30)16-20(28-25)26-17(3)18-10-8-9-11-21(18)33-26/h8-13,16H,4-7,14-15H2,1-3H3,(H,29,30). The summed E-state index contributed by atoms with van der Waals surface area (Å²) in [4.78, 5) is 17.2. The summed E-state index contributed by atoms with van der Waals surface area (Å²) in [6.07, 6.45) is 3.75. The second kappa shape index (κ2) is 9.94. The fourth-order valence-electron chi connectivity index (χ4n) is 3.88. The molecular weight excluding hydrogens is 418 g/mol. The highest BCUT2D eigenvalue weighted by atomic mass is 16.5. The lowest BCUT2D eigenvalue weighted by molar-refractivity contribution is 0.0698. The molecule has 6 heteroatoms. The van der Waals surface area contributed by atoms with E-state index in [0.717, 1.165) is 42.2 Å². The molecule has 0 radical (unpaired) electrons. The highest BCUT2D eigenvalue weighted by molar-refractivity contribution is 6.08. The van der Waals surface area contributed by atoms with Crippen molar-refractivity contribution in [2.75, 3.05) is 13.2 Å². The number of ether oxygens (including phenoxy) is 2. The molecule has 0 bridgehead atoms. The van der Waals surface area contributed by atoms with E-state index >= 15 is 0 Å². The van der Waals surface area contributed by atoms with Gasteiger partial charge in [0.2, 0.25) is 0 Å². The maximum atomic E-state index is 12.4. The van der Waals surface area contributed by atoms with E-state index in [9.17, 15) is 9.90 Å². The number of rotatable bonds is 10. The summed E-state index contributed by atoms with van der Waals surface area (Å²) in [5.74, 6) is 0.541. The first kappa shape index (κ1) is 22.6. The molecule has 0 spiro atoms. The normalized spacial score (nSPS) is 11.2. The molecule has 0 aliphatic heterocycles. The molecule has 1 N–H and O–H groups in total. The van der Waals surface area contributed by atoms with Crippen molar-refractivity contribution in [3.63, 3.8) is 0 Å². The minimum absolute atomic E-state index is 0.113. The molecule has 0 aliphatic carbocycles. The van der Waals surface area contributed by atoms with Crippen LogP contribution in [0, 0.1) is 6.92 Å². The number of hydrogen-bond donors (Lipinski definition) is 1. The van der Waals surface area contributed by atoms with Crippen LogP contribution in [0.3, 0.4) is 0 Å². The quantitative estimate of drug-likeness (QED) is 0.263. The lowest BCUT2D eigenvalue weighted by atomic mass is 10.0. The molecular formula is C27H29NO5. The van der Waals surface area contributed by atoms with Crippen molar-refractivity contribution >= 4 is 27.8 Å². The number of carbonyl (C=O) groups is 1. The maximum absolute atomic E-state index is 12.4. The van der Waals surface area contributed by atoms with Crippen molar-refractivity contribution in [3.05, 3.63) is 53.6 Å². The minimum Gasteiger partial charge on any atom is -0.493 e. The summed E-state index contributed by atoms with van der Waals surface area (Å²) in [7, 11) is 0. The van der Waals surface area contributed by atoms with Crippen LogP contribution >= 0.6 is 0 Å². The first-order valence-electron chi connectivity index (χ1n) is 11.5. The summed E-state index contributed by atoms with van der Waals surface area (Å²) in [5, 5.41) is 11.5. The summed E-state index contributed by atoms with van der Waals surface area (Å²) < 4.78 is 18.1. The molecule has 4 rings (SSSR count). The van der Waals surface area contributed by atoms with E-state index in [0.29, 0.717) is 47.1 Å². The summed E-state index contributed by atoms with van der Waals surface area (Å²) in [6, 6.07) is 12.9. The van der Waals surface area contributed by atoms with Gasteiger partial charge < -0.3 is 19.0 Å². The Morgan fingerprint density at radius 3 is 2.33 bits per heavy atom. The lowest BCUT2D eigenvalue weighted by Crippen LogP contribution is -2.06. The van der Waals surface area contributed by atoms with Crippen LogP contribution in [0.15, 0.2) is 46.9 Å². The van der Waals surface area contributed by atoms with Gasteiger partial charge in [-0.2, -0.15) is 0 Å². The highest BCUT2D eigenvalue weighted by Crippen LogP contribution is 2.39. The third kappa shape index (κ3) is 4.51. The molecule has 4 aromatic rings. The number of carboxylic acid groups (broad SMARTS) is 1. The number of benzene rings is 2. The Kier molecular flexibility index (Phi) is 6.82. The van der Waals surface area contributed by atoms with E-state index in [1.54, 1.807) is 12.1 Å². The largest absolute Gasteiger partial charge is 0.493 e. The van der Waals surface area contributed by atoms with Gasteiger partial charge in [0.05, 0.1) is 24.2 Å². The number of aromatic carboxylic acids is 1. The Morgan fingerprint density at radius 1 is 1.00 bits per heavy atom. The molecule has 0 saturated heterocycles. The number of pyridine rings is 1. The SMILES string of the molecule is CCCCOc1ccc(OCCCC)c2c(C(=O)O)cc(-c3oc4ccccc4c3C)nc12. The Bertz CT molecular complexity index is 1290. The van der Waals surface area contributed by atoms with Gasteiger partial charge in [0.1, 0.15) is 28.3 Å². The first-order valence-corrected chi connectivity index (χ1v) is 11.5. The number of nitrogens with zero attached hydrogens (tertiary/aromatic N) is 1. The summed E-state index contributed by atoms with van der Waals surface area (Å²) >= 11 is 0. The third-order valence-electron chi connectivity index (χ3n) is 5.70. The van der Waals surface area contributed by atoms with Crippen LogP contribution in [0.4, 0.5) is 0 Å². The van der Waals surface area contributed by atoms with E-state index < -0.39 is 5.97 Å². The fraction of sp³-hybridized carbons (Fsp3) is 0.333. The number of fused-ring (bicyclic) bond motifs is 2. The Balaban J connectivity index is 1.94. The van der Waals surface area contributed by atoms with Gasteiger partial charge >= 0.3 is 5.97 Å². The minimum atomic E-state index is -1.05. The Hall–Kier alpha value is -3.54. The van der Waals surface area contributed by atoms with Crippen LogP contribution in [-0.2, 0) is 0 Å². The smallest absolute Gasteiger partial charge is 0.336 e. The molecule has 0 amide bonds. The summed E-state index contributed by atoms with van der Waals surface area (Å²) in [6.45, 7) is 7.16. The molecule has 0 aliphatic rings. The van der Waals surface area contributed by atoms with Crippen LogP contribution < -0.4 is 9.47 Å². The van der Waals surface area contributed by atoms with Crippen molar-refractivity contribution < 1.29 is 23.8 Å². The Labute approximate surface area is 193 Å². The molecule has 2 heterocycles. The van der Waals surface area contributed by atoms with E-state index in [1.807, 2.05) is 37.3 Å². The maximum Gasteiger partial charge on any atom is 0.336 e. The molecule has 0 atom stereocenters. The molecule has 2 aromatic carbocycles. The van der Waals surface area contributed by atoms with Crippen LogP contribution in [0.2, 0.25) is 0 Å². The van der Waals surface area contributed by atoms with Crippen LogP contribution in [0.25, 0.3) is 33.3 Å². The number of aromatic nitrogens is 1. The molecule has 172 valence electrons. The van der Waals surface area contributed by atoms with Gasteiger partial charge in [-0.1, -0.05) is 44.9 Å². The predicted molar refractivity (Wildman–Crippen MR) is 129 cm³/mol. The number of unbranched alkanes of at least 4 members (excludes halogenated alkanes) is 2. The second-order valence-electron chi connectivity index (χ2n) is 8.10.